The number of imidazole rings is 1. The summed E-state index contributed by atoms with van der Waals surface area (Å²) >= 11 is 1.32. The number of amides is 3. The number of imide groups is 1. The Kier molecular flexibility index (Phi) is 7.50. The van der Waals surface area contributed by atoms with Crippen LogP contribution in [0.15, 0.2) is 41.7 Å². The van der Waals surface area contributed by atoms with Gasteiger partial charge in [-0.2, -0.15) is 0 Å². The highest BCUT2D eigenvalue weighted by Crippen LogP contribution is 2.28. The number of aromatic nitrogens is 2. The van der Waals surface area contributed by atoms with Gasteiger partial charge in [-0.3, -0.25) is 10.1 Å². The number of nitrogens with one attached hydrogen (secondary N) is 2. The second-order valence-electron chi connectivity index (χ2n) is 6.63. The van der Waals surface area contributed by atoms with E-state index in [4.69, 9.17) is 4.74 Å². The van der Waals surface area contributed by atoms with Gasteiger partial charge in [0.25, 0.3) is 0 Å². The number of thioether (sulfide) groups is 1. The summed E-state index contributed by atoms with van der Waals surface area (Å²) in [7, 11) is 0. The molecule has 3 rings (SSSR count). The van der Waals surface area contributed by atoms with Crippen LogP contribution in [0.2, 0.25) is 0 Å². The fraction of sp³-hybridized carbons (Fsp3) is 0.450. The molecule has 7 nitrogen and oxygen atoms in total. The Morgan fingerprint density at radius 2 is 2.14 bits per heavy atom. The first-order chi connectivity index (χ1) is 13.7. The Labute approximate surface area is 169 Å². The van der Waals surface area contributed by atoms with Crippen molar-refractivity contribution in [2.45, 2.75) is 44.0 Å². The van der Waals surface area contributed by atoms with Crippen LogP contribution in [0.1, 0.15) is 26.2 Å². The third-order valence-electron chi connectivity index (χ3n) is 4.42. The molecule has 2 N–H and O–H groups in total. The third kappa shape index (κ3) is 5.59. The molecule has 1 aromatic carbocycles. The molecule has 0 aliphatic carbocycles. The van der Waals surface area contributed by atoms with Crippen LogP contribution in [0, 0.1) is 0 Å². The molecule has 2 heterocycles. The second-order valence-corrected chi connectivity index (χ2v) is 7.57. The average Bonchev–Trinajstić information content (AvgIpc) is 3.36. The van der Waals surface area contributed by atoms with Crippen molar-refractivity contribution in [3.8, 4) is 11.3 Å². The molecular formula is C20H26N4O3S. The number of urea groups is 1. The molecule has 1 fully saturated rings. The summed E-state index contributed by atoms with van der Waals surface area (Å²) in [6.07, 6.45) is 4.90. The van der Waals surface area contributed by atoms with Crippen LogP contribution in [-0.2, 0) is 16.1 Å². The lowest BCUT2D eigenvalue weighted by atomic mass is 10.1. The van der Waals surface area contributed by atoms with Crippen molar-refractivity contribution in [2.75, 3.05) is 18.9 Å². The van der Waals surface area contributed by atoms with Crippen LogP contribution in [0.4, 0.5) is 4.79 Å². The molecule has 150 valence electrons. The van der Waals surface area contributed by atoms with Crippen molar-refractivity contribution in [1.29, 1.82) is 0 Å². The second kappa shape index (κ2) is 10.3. The zero-order valence-corrected chi connectivity index (χ0v) is 16.8. The average molecular weight is 403 g/mol. The molecule has 1 aliphatic rings. The highest BCUT2D eigenvalue weighted by molar-refractivity contribution is 7.99. The van der Waals surface area contributed by atoms with E-state index in [1.54, 1.807) is 0 Å². The van der Waals surface area contributed by atoms with E-state index >= 15 is 0 Å². The molecule has 28 heavy (non-hydrogen) atoms. The van der Waals surface area contributed by atoms with Gasteiger partial charge in [0.1, 0.15) is 0 Å². The summed E-state index contributed by atoms with van der Waals surface area (Å²) in [4.78, 5) is 28.2. The minimum Gasteiger partial charge on any atom is -0.376 e. The Balaban J connectivity index is 1.68. The van der Waals surface area contributed by atoms with E-state index in [2.05, 4.69) is 20.2 Å². The lowest BCUT2D eigenvalue weighted by molar-refractivity contribution is -0.117. The molecular weight excluding hydrogens is 376 g/mol. The minimum atomic E-state index is -0.458. The van der Waals surface area contributed by atoms with E-state index < -0.39 is 6.03 Å². The van der Waals surface area contributed by atoms with Crippen molar-refractivity contribution >= 4 is 23.7 Å². The molecule has 1 aromatic heterocycles. The molecule has 0 radical (unpaired) electrons. The molecule has 1 saturated heterocycles. The van der Waals surface area contributed by atoms with Gasteiger partial charge in [0.15, 0.2) is 5.16 Å². The van der Waals surface area contributed by atoms with Gasteiger partial charge in [-0.05, 0) is 24.8 Å². The van der Waals surface area contributed by atoms with Crippen LogP contribution < -0.4 is 10.6 Å². The van der Waals surface area contributed by atoms with Gasteiger partial charge >= 0.3 is 6.03 Å². The largest absolute Gasteiger partial charge is 0.376 e. The van der Waals surface area contributed by atoms with E-state index in [1.165, 1.54) is 11.8 Å². The minimum absolute atomic E-state index is 0.121. The van der Waals surface area contributed by atoms with Crippen LogP contribution in [0.3, 0.4) is 0 Å². The zero-order valence-electron chi connectivity index (χ0n) is 16.0. The summed E-state index contributed by atoms with van der Waals surface area (Å²) in [6.45, 7) is 3.98. The maximum atomic E-state index is 12.1. The SMILES string of the molecule is CCCNC(=O)NC(=O)CSc1ncc(-c2ccccc2)n1CC1CCCO1. The molecule has 1 aliphatic heterocycles. The molecule has 1 atom stereocenters. The van der Waals surface area contributed by atoms with E-state index in [0.717, 1.165) is 42.3 Å². The summed E-state index contributed by atoms with van der Waals surface area (Å²) in [6, 6.07) is 9.60. The molecule has 1 unspecified atom stereocenters. The quantitative estimate of drug-likeness (QED) is 0.663. The Bertz CT molecular complexity index is 788. The van der Waals surface area contributed by atoms with Gasteiger partial charge in [0.2, 0.25) is 5.91 Å². The Morgan fingerprint density at radius 1 is 1.32 bits per heavy atom. The topological polar surface area (TPSA) is 85.3 Å². The number of carbonyl (C=O) groups excluding carboxylic acids is 2. The normalized spacial score (nSPS) is 16.1. The van der Waals surface area contributed by atoms with Crippen LogP contribution in [0.5, 0.6) is 0 Å². The molecule has 0 saturated carbocycles. The fourth-order valence-electron chi connectivity index (χ4n) is 3.06. The number of nitrogens with zero attached hydrogens (tertiary/aromatic N) is 2. The van der Waals surface area contributed by atoms with E-state index in [0.29, 0.717) is 13.1 Å². The van der Waals surface area contributed by atoms with Crippen LogP contribution in [0.25, 0.3) is 11.3 Å². The summed E-state index contributed by atoms with van der Waals surface area (Å²) in [5.74, 6) is -0.220. The number of ether oxygens (including phenoxy) is 1. The summed E-state index contributed by atoms with van der Waals surface area (Å²) < 4.78 is 7.91. The summed E-state index contributed by atoms with van der Waals surface area (Å²) in [5, 5.41) is 5.72. The van der Waals surface area contributed by atoms with Gasteiger partial charge < -0.3 is 14.6 Å². The number of carbonyl (C=O) groups is 2. The number of hydrogen-bond donors (Lipinski definition) is 2. The monoisotopic (exact) mass is 402 g/mol. The van der Waals surface area contributed by atoms with Crippen LogP contribution >= 0.6 is 11.8 Å². The van der Waals surface area contributed by atoms with Gasteiger partial charge in [0, 0.05) is 13.2 Å². The molecule has 2 aromatic rings. The van der Waals surface area contributed by atoms with Crippen molar-refractivity contribution in [3.63, 3.8) is 0 Å². The molecule has 0 spiro atoms. The van der Waals surface area contributed by atoms with Crippen molar-refractivity contribution in [3.05, 3.63) is 36.5 Å². The van der Waals surface area contributed by atoms with Crippen molar-refractivity contribution in [1.82, 2.24) is 20.2 Å². The first-order valence-electron chi connectivity index (χ1n) is 9.60. The van der Waals surface area contributed by atoms with Gasteiger partial charge in [-0.1, -0.05) is 49.0 Å². The number of hydrogen-bond acceptors (Lipinski definition) is 5. The Hall–Kier alpha value is -2.32. The summed E-state index contributed by atoms with van der Waals surface area (Å²) in [5.41, 5.74) is 2.07. The molecule has 0 bridgehead atoms. The van der Waals surface area contributed by atoms with Gasteiger partial charge in [-0.15, -0.1) is 0 Å². The molecule has 8 heteroatoms. The maximum Gasteiger partial charge on any atom is 0.321 e. The number of benzene rings is 1. The lowest BCUT2D eigenvalue weighted by Crippen LogP contribution is -2.40. The van der Waals surface area contributed by atoms with Gasteiger partial charge in [0.05, 0.1) is 30.3 Å². The number of rotatable bonds is 8. The third-order valence-corrected chi connectivity index (χ3v) is 5.41. The van der Waals surface area contributed by atoms with Gasteiger partial charge in [-0.25, -0.2) is 9.78 Å². The first-order valence-corrected chi connectivity index (χ1v) is 10.6. The van der Waals surface area contributed by atoms with Crippen molar-refractivity contribution in [2.24, 2.45) is 0 Å². The fourth-order valence-corrected chi connectivity index (χ4v) is 3.85. The van der Waals surface area contributed by atoms with E-state index in [1.807, 2.05) is 43.5 Å². The predicted molar refractivity (Wildman–Crippen MR) is 109 cm³/mol. The maximum absolute atomic E-state index is 12.1. The van der Waals surface area contributed by atoms with Crippen molar-refractivity contribution < 1.29 is 14.3 Å². The van der Waals surface area contributed by atoms with Crippen LogP contribution in [-0.4, -0.2) is 46.5 Å². The smallest absolute Gasteiger partial charge is 0.321 e. The Morgan fingerprint density at radius 3 is 2.86 bits per heavy atom. The molecule has 3 amide bonds. The predicted octanol–water partition coefficient (Wildman–Crippen LogP) is 3.06. The van der Waals surface area contributed by atoms with E-state index in [9.17, 15) is 9.59 Å². The highest BCUT2D eigenvalue weighted by atomic mass is 32.2. The highest BCUT2D eigenvalue weighted by Gasteiger charge is 2.21. The standard InChI is InChI=1S/C20H26N4O3S/c1-2-10-21-19(26)23-18(25)14-28-20-22-12-17(15-7-4-3-5-8-15)24(20)13-16-9-6-11-27-16/h3-5,7-8,12,16H,2,6,9-11,13-14H2,1H3,(H2,21,23,25,26). The first kappa shape index (κ1) is 20.4. The zero-order chi connectivity index (χ0) is 19.8. The lowest BCUT2D eigenvalue weighted by Gasteiger charge is -2.16. The van der Waals surface area contributed by atoms with E-state index in [-0.39, 0.29) is 17.8 Å².